The number of benzene rings is 1. The number of rotatable bonds is 2. The third-order valence-electron chi connectivity index (χ3n) is 4.66. The second-order valence-corrected chi connectivity index (χ2v) is 7.10. The number of ether oxygens (including phenoxy) is 2. The third-order valence-corrected chi connectivity index (χ3v) is 4.66. The predicted molar refractivity (Wildman–Crippen MR) is 79.1 cm³/mol. The second-order valence-electron chi connectivity index (χ2n) is 7.10. The van der Waals surface area contributed by atoms with Gasteiger partial charge in [0.05, 0.1) is 18.6 Å². The normalized spacial score (nSPS) is 22.0. The molecule has 0 amide bonds. The smallest absolute Gasteiger partial charge is 0.314 e. The number of fused-ring (bicyclic) bond motifs is 1. The fourth-order valence-electron chi connectivity index (χ4n) is 3.12. The minimum atomic E-state index is -0.732. The molecule has 0 aromatic heterocycles. The van der Waals surface area contributed by atoms with Crippen molar-refractivity contribution in [3.8, 4) is 11.5 Å². The van der Waals surface area contributed by atoms with Crippen molar-refractivity contribution in [2.24, 2.45) is 5.41 Å². The average molecular weight is 290 g/mol. The van der Waals surface area contributed by atoms with Crippen molar-refractivity contribution < 1.29 is 19.4 Å². The van der Waals surface area contributed by atoms with Crippen molar-refractivity contribution in [1.29, 1.82) is 0 Å². The molecule has 3 rings (SSSR count). The number of aliphatic carboxylic acids is 1. The summed E-state index contributed by atoms with van der Waals surface area (Å²) < 4.78 is 11.7. The number of carboxylic acid groups (broad SMARTS) is 1. The van der Waals surface area contributed by atoms with Crippen molar-refractivity contribution >= 4 is 5.97 Å². The molecule has 0 unspecified atom stereocenters. The van der Waals surface area contributed by atoms with Gasteiger partial charge in [0.25, 0.3) is 0 Å². The summed E-state index contributed by atoms with van der Waals surface area (Å²) in [7, 11) is 0. The van der Waals surface area contributed by atoms with Crippen LogP contribution in [0, 0.1) is 12.3 Å². The van der Waals surface area contributed by atoms with Crippen LogP contribution in [-0.4, -0.2) is 24.3 Å². The van der Waals surface area contributed by atoms with Gasteiger partial charge in [0.15, 0.2) is 11.5 Å². The van der Waals surface area contributed by atoms with Gasteiger partial charge in [-0.25, -0.2) is 0 Å². The average Bonchev–Trinajstić information content (AvgIpc) is 2.48. The highest BCUT2D eigenvalue weighted by molar-refractivity contribution is 5.83. The van der Waals surface area contributed by atoms with E-state index in [1.165, 1.54) is 0 Å². The molecule has 4 heteroatoms. The Balaban J connectivity index is 2.02. The summed E-state index contributed by atoms with van der Waals surface area (Å²) in [6.07, 6.45) is 2.37. The van der Waals surface area contributed by atoms with Crippen LogP contribution in [-0.2, 0) is 10.2 Å². The van der Waals surface area contributed by atoms with E-state index in [2.05, 4.69) is 13.8 Å². The summed E-state index contributed by atoms with van der Waals surface area (Å²) in [4.78, 5) is 11.7. The molecule has 1 saturated carbocycles. The van der Waals surface area contributed by atoms with Crippen molar-refractivity contribution in [2.75, 3.05) is 13.2 Å². The van der Waals surface area contributed by atoms with E-state index in [-0.39, 0.29) is 5.41 Å². The molecule has 0 bridgehead atoms. The lowest BCUT2D eigenvalue weighted by molar-refractivity contribution is -0.147. The van der Waals surface area contributed by atoms with Gasteiger partial charge >= 0.3 is 5.97 Å². The molecular weight excluding hydrogens is 268 g/mol. The van der Waals surface area contributed by atoms with E-state index in [0.717, 1.165) is 23.3 Å². The molecule has 1 aromatic rings. The summed E-state index contributed by atoms with van der Waals surface area (Å²) in [5.74, 6) is 0.669. The molecule has 114 valence electrons. The van der Waals surface area contributed by atoms with Crippen molar-refractivity contribution in [3.05, 3.63) is 23.3 Å². The first-order valence-corrected chi connectivity index (χ1v) is 7.48. The van der Waals surface area contributed by atoms with Crippen LogP contribution >= 0.6 is 0 Å². The highest BCUT2D eigenvalue weighted by atomic mass is 16.5. The van der Waals surface area contributed by atoms with Gasteiger partial charge in [-0.3, -0.25) is 4.79 Å². The first-order valence-electron chi connectivity index (χ1n) is 7.48. The van der Waals surface area contributed by atoms with Gasteiger partial charge in [-0.05, 0) is 43.0 Å². The van der Waals surface area contributed by atoms with Gasteiger partial charge < -0.3 is 14.6 Å². The molecule has 0 radical (unpaired) electrons. The van der Waals surface area contributed by atoms with E-state index in [4.69, 9.17) is 9.47 Å². The maximum Gasteiger partial charge on any atom is 0.314 e. The van der Waals surface area contributed by atoms with Crippen LogP contribution in [0.4, 0.5) is 0 Å². The lowest BCUT2D eigenvalue weighted by Gasteiger charge is -2.39. The molecule has 0 spiro atoms. The minimum Gasteiger partial charge on any atom is -0.489 e. The third kappa shape index (κ3) is 2.27. The van der Waals surface area contributed by atoms with E-state index < -0.39 is 11.4 Å². The van der Waals surface area contributed by atoms with Crippen LogP contribution in [0.5, 0.6) is 11.5 Å². The maximum atomic E-state index is 11.7. The van der Waals surface area contributed by atoms with Crippen LogP contribution in [0.1, 0.15) is 44.2 Å². The zero-order valence-corrected chi connectivity index (χ0v) is 12.9. The quantitative estimate of drug-likeness (QED) is 0.908. The molecule has 1 fully saturated rings. The molecule has 1 aromatic carbocycles. The number of carboxylic acids is 1. The zero-order chi connectivity index (χ0) is 15.3. The fourth-order valence-corrected chi connectivity index (χ4v) is 3.12. The summed E-state index contributed by atoms with van der Waals surface area (Å²) in [5.41, 5.74) is 1.07. The minimum absolute atomic E-state index is 0.0476. The van der Waals surface area contributed by atoms with Gasteiger partial charge in [-0.1, -0.05) is 20.3 Å². The summed E-state index contributed by atoms with van der Waals surface area (Å²) >= 11 is 0. The van der Waals surface area contributed by atoms with Gasteiger partial charge in [-0.15, -0.1) is 0 Å². The summed E-state index contributed by atoms with van der Waals surface area (Å²) in [6, 6.07) is 3.81. The lowest BCUT2D eigenvalue weighted by atomic mass is 9.63. The Hall–Kier alpha value is -1.71. The van der Waals surface area contributed by atoms with Crippen LogP contribution in [0.3, 0.4) is 0 Å². The topological polar surface area (TPSA) is 55.8 Å². The highest BCUT2D eigenvalue weighted by Gasteiger charge is 2.47. The van der Waals surface area contributed by atoms with Crippen molar-refractivity contribution in [3.63, 3.8) is 0 Å². The van der Waals surface area contributed by atoms with Gasteiger partial charge in [0.2, 0.25) is 0 Å². The number of carbonyl (C=O) groups is 1. The second kappa shape index (κ2) is 4.65. The molecule has 0 saturated heterocycles. The molecular formula is C17H22O4. The first kappa shape index (κ1) is 14.2. The van der Waals surface area contributed by atoms with Gasteiger partial charge in [0, 0.05) is 5.41 Å². The molecule has 1 heterocycles. The molecule has 1 N–H and O–H groups in total. The van der Waals surface area contributed by atoms with Crippen LogP contribution in [0.25, 0.3) is 0 Å². The summed E-state index contributed by atoms with van der Waals surface area (Å²) in [6.45, 7) is 7.32. The Kier molecular flexibility index (Phi) is 3.15. The predicted octanol–water partition coefficient (Wildman–Crippen LogP) is 3.30. The Labute approximate surface area is 125 Å². The monoisotopic (exact) mass is 290 g/mol. The van der Waals surface area contributed by atoms with E-state index in [1.807, 2.05) is 19.1 Å². The van der Waals surface area contributed by atoms with E-state index in [0.29, 0.717) is 31.8 Å². The first-order chi connectivity index (χ1) is 9.84. The van der Waals surface area contributed by atoms with E-state index in [1.54, 1.807) is 0 Å². The number of hydrogen-bond acceptors (Lipinski definition) is 3. The molecule has 21 heavy (non-hydrogen) atoms. The SMILES string of the molecule is Cc1cc2c(cc1C1(C(=O)O)CCC1)OCC(C)(C)CO2. The molecule has 1 aliphatic carbocycles. The largest absolute Gasteiger partial charge is 0.489 e. The van der Waals surface area contributed by atoms with E-state index in [9.17, 15) is 9.90 Å². The van der Waals surface area contributed by atoms with Crippen LogP contribution < -0.4 is 9.47 Å². The Bertz CT molecular complexity index is 585. The molecule has 0 atom stereocenters. The highest BCUT2D eigenvalue weighted by Crippen LogP contribution is 2.48. The Morgan fingerprint density at radius 2 is 1.71 bits per heavy atom. The molecule has 2 aliphatic rings. The van der Waals surface area contributed by atoms with Gasteiger partial charge in [0.1, 0.15) is 0 Å². The zero-order valence-electron chi connectivity index (χ0n) is 12.9. The lowest BCUT2D eigenvalue weighted by Crippen LogP contribution is -2.42. The van der Waals surface area contributed by atoms with E-state index >= 15 is 0 Å². The van der Waals surface area contributed by atoms with Crippen LogP contribution in [0.2, 0.25) is 0 Å². The Morgan fingerprint density at radius 3 is 2.19 bits per heavy atom. The number of aryl methyl sites for hydroxylation is 1. The molecule has 4 nitrogen and oxygen atoms in total. The van der Waals surface area contributed by atoms with Crippen LogP contribution in [0.15, 0.2) is 12.1 Å². The standard InChI is InChI=1S/C17H22O4/c1-11-7-13-14(21-10-16(2,3)9-20-13)8-12(11)17(15(18)19)5-4-6-17/h7-8H,4-6,9-10H2,1-3H3,(H,18,19). The number of hydrogen-bond donors (Lipinski definition) is 1. The summed E-state index contributed by atoms with van der Waals surface area (Å²) in [5, 5.41) is 9.63. The Morgan fingerprint density at radius 1 is 1.14 bits per heavy atom. The fraction of sp³-hybridized carbons (Fsp3) is 0.588. The van der Waals surface area contributed by atoms with Gasteiger partial charge in [-0.2, -0.15) is 0 Å². The van der Waals surface area contributed by atoms with Crippen molar-refractivity contribution in [2.45, 2.75) is 45.4 Å². The molecule has 1 aliphatic heterocycles. The maximum absolute atomic E-state index is 11.7. The van der Waals surface area contributed by atoms with Crippen molar-refractivity contribution in [1.82, 2.24) is 0 Å².